The van der Waals surface area contributed by atoms with E-state index in [9.17, 15) is 4.79 Å². The Morgan fingerprint density at radius 2 is 2.00 bits per heavy atom. The number of nitrogens with one attached hydrogen (secondary N) is 1. The Hall–Kier alpha value is -1.59. The third-order valence-electron chi connectivity index (χ3n) is 2.92. The Kier molecular flexibility index (Phi) is 2.95. The van der Waals surface area contributed by atoms with Crippen molar-refractivity contribution in [3.05, 3.63) is 56.0 Å². The number of H-pyrrole nitrogens is 1. The molecule has 2 aliphatic rings. The Balaban J connectivity index is 2.29. The first-order chi connectivity index (χ1) is 9.08. The van der Waals surface area contributed by atoms with Gasteiger partial charge >= 0.3 is 0 Å². The highest BCUT2D eigenvalue weighted by Gasteiger charge is 2.19. The highest BCUT2D eigenvalue weighted by Crippen LogP contribution is 2.28. The third kappa shape index (κ3) is 1.99. The second kappa shape index (κ2) is 4.51. The summed E-state index contributed by atoms with van der Waals surface area (Å²) in [7, 11) is 0. The zero-order chi connectivity index (χ0) is 13.6. The summed E-state index contributed by atoms with van der Waals surface area (Å²) in [5.41, 5.74) is 2.65. The molecule has 0 saturated heterocycles. The van der Waals surface area contributed by atoms with Gasteiger partial charge in [0.1, 0.15) is 5.69 Å². The molecule has 6 heteroatoms. The summed E-state index contributed by atoms with van der Waals surface area (Å²) >= 11 is 9.29. The van der Waals surface area contributed by atoms with Crippen LogP contribution in [0.1, 0.15) is 5.69 Å². The van der Waals surface area contributed by atoms with E-state index in [-0.39, 0.29) is 5.56 Å². The van der Waals surface area contributed by atoms with Gasteiger partial charge in [-0.05, 0) is 47.1 Å². The molecule has 0 aromatic heterocycles. The summed E-state index contributed by atoms with van der Waals surface area (Å²) < 4.78 is 2.17. The summed E-state index contributed by atoms with van der Waals surface area (Å²) in [5.74, 6) is 0. The minimum absolute atomic E-state index is 0.158. The van der Waals surface area contributed by atoms with Crippen molar-refractivity contribution in [3.8, 4) is 16.9 Å². The van der Waals surface area contributed by atoms with E-state index < -0.39 is 0 Å². The number of nitrogens with zero attached hydrogens (tertiary/aromatic N) is 2. The molecule has 0 bridgehead atoms. The maximum Gasteiger partial charge on any atom is 0.282 e. The number of hydrogen-bond donors (Lipinski definition) is 1. The second-order valence-corrected chi connectivity index (χ2v) is 5.41. The fourth-order valence-electron chi connectivity index (χ4n) is 1.89. The van der Waals surface area contributed by atoms with E-state index >= 15 is 0 Å². The van der Waals surface area contributed by atoms with E-state index in [2.05, 4.69) is 26.0 Å². The first kappa shape index (κ1) is 12.4. The predicted molar refractivity (Wildman–Crippen MR) is 78.3 cm³/mol. The molecule has 2 aliphatic heterocycles. The summed E-state index contributed by atoms with van der Waals surface area (Å²) in [6, 6.07) is 6.99. The van der Waals surface area contributed by atoms with Crippen LogP contribution in [0.15, 0.2) is 39.7 Å². The minimum atomic E-state index is -0.158. The normalized spacial score (nSPS) is 11.1. The molecule has 1 aromatic carbocycles. The lowest BCUT2D eigenvalue weighted by molar-refractivity contribution is 0.856. The quantitative estimate of drug-likeness (QED) is 0.739. The highest BCUT2D eigenvalue weighted by molar-refractivity contribution is 9.10. The van der Waals surface area contributed by atoms with Crippen LogP contribution >= 0.6 is 27.5 Å². The number of rotatable bonds is 1. The van der Waals surface area contributed by atoms with E-state index in [4.69, 9.17) is 11.6 Å². The Morgan fingerprint density at radius 3 is 2.68 bits per heavy atom. The van der Waals surface area contributed by atoms with Crippen molar-refractivity contribution in [1.29, 1.82) is 0 Å². The zero-order valence-corrected chi connectivity index (χ0v) is 12.3. The van der Waals surface area contributed by atoms with Crippen LogP contribution in [0.3, 0.4) is 0 Å². The highest BCUT2D eigenvalue weighted by atomic mass is 79.9. The fraction of sp³-hybridized carbons (Fsp3) is 0.0769. The van der Waals surface area contributed by atoms with Crippen molar-refractivity contribution < 1.29 is 0 Å². The number of pyridine rings is 1. The van der Waals surface area contributed by atoms with Crippen molar-refractivity contribution >= 4 is 27.5 Å². The SMILES string of the molecule is Cc1[nH]cc2c(=O)n(-c3ccc(Cl)cc3)nc-2c1Br. The molecule has 4 nitrogen and oxygen atoms in total. The van der Waals surface area contributed by atoms with Gasteiger partial charge in [0.05, 0.1) is 15.7 Å². The Morgan fingerprint density at radius 1 is 1.32 bits per heavy atom. The van der Waals surface area contributed by atoms with Crippen LogP contribution in [-0.2, 0) is 0 Å². The van der Waals surface area contributed by atoms with Crippen LogP contribution in [0.4, 0.5) is 0 Å². The van der Waals surface area contributed by atoms with Gasteiger partial charge in [0.2, 0.25) is 0 Å². The van der Waals surface area contributed by atoms with Crippen molar-refractivity contribution in [2.24, 2.45) is 0 Å². The Bertz CT molecular complexity index is 776. The van der Waals surface area contributed by atoms with Crippen LogP contribution < -0.4 is 5.56 Å². The van der Waals surface area contributed by atoms with Gasteiger partial charge in [-0.15, -0.1) is 0 Å². The van der Waals surface area contributed by atoms with Crippen LogP contribution in [0.2, 0.25) is 5.02 Å². The summed E-state index contributed by atoms with van der Waals surface area (Å²) in [4.78, 5) is 15.3. The van der Waals surface area contributed by atoms with Crippen LogP contribution in [0.25, 0.3) is 16.9 Å². The lowest BCUT2D eigenvalue weighted by Crippen LogP contribution is -2.14. The van der Waals surface area contributed by atoms with Crippen LogP contribution in [0.5, 0.6) is 0 Å². The number of hydrogen-bond acceptors (Lipinski definition) is 2. The second-order valence-electron chi connectivity index (χ2n) is 4.18. The lowest BCUT2D eigenvalue weighted by atomic mass is 10.2. The first-order valence-electron chi connectivity index (χ1n) is 5.60. The maximum absolute atomic E-state index is 12.3. The standard InChI is InChI=1S/C13H9BrClN3O/c1-7-11(14)12-10(6-16-7)13(19)18(17-12)9-4-2-8(15)3-5-9/h2-6,16H,1H3. The van der Waals surface area contributed by atoms with Crippen molar-refractivity contribution in [3.63, 3.8) is 0 Å². The van der Waals surface area contributed by atoms with E-state index in [1.165, 1.54) is 4.68 Å². The van der Waals surface area contributed by atoms with Gasteiger partial charge in [0.15, 0.2) is 0 Å². The summed E-state index contributed by atoms with van der Waals surface area (Å²) in [5, 5.41) is 4.99. The third-order valence-corrected chi connectivity index (χ3v) is 4.14. The number of aromatic amines is 1. The molecule has 0 spiro atoms. The fourth-order valence-corrected chi connectivity index (χ4v) is 2.42. The molecule has 0 amide bonds. The van der Waals surface area contributed by atoms with Crippen molar-refractivity contribution in [2.75, 3.05) is 0 Å². The Labute approximate surface area is 122 Å². The molecule has 0 unspecified atom stereocenters. The smallest absolute Gasteiger partial charge is 0.282 e. The topological polar surface area (TPSA) is 50.7 Å². The summed E-state index contributed by atoms with van der Waals surface area (Å²) in [6.45, 7) is 1.91. The van der Waals surface area contributed by atoms with Gasteiger partial charge in [0.25, 0.3) is 5.56 Å². The number of benzene rings is 1. The molecule has 96 valence electrons. The van der Waals surface area contributed by atoms with Crippen LogP contribution in [-0.4, -0.2) is 14.8 Å². The average Bonchev–Trinajstić information content (AvgIpc) is 2.73. The van der Waals surface area contributed by atoms with Crippen molar-refractivity contribution in [1.82, 2.24) is 14.8 Å². The van der Waals surface area contributed by atoms with Gasteiger partial charge < -0.3 is 4.98 Å². The van der Waals surface area contributed by atoms with Gasteiger partial charge in [-0.25, -0.2) is 0 Å². The lowest BCUT2D eigenvalue weighted by Gasteiger charge is -2.01. The molecule has 0 atom stereocenters. The van der Waals surface area contributed by atoms with Crippen molar-refractivity contribution in [2.45, 2.75) is 6.92 Å². The largest absolute Gasteiger partial charge is 0.363 e. The monoisotopic (exact) mass is 337 g/mol. The predicted octanol–water partition coefficient (Wildman–Crippen LogP) is 3.39. The minimum Gasteiger partial charge on any atom is -0.363 e. The number of aryl methyl sites for hydroxylation is 1. The summed E-state index contributed by atoms with van der Waals surface area (Å²) in [6.07, 6.45) is 1.68. The van der Waals surface area contributed by atoms with E-state index in [1.807, 2.05) is 6.92 Å². The first-order valence-corrected chi connectivity index (χ1v) is 6.77. The van der Waals surface area contributed by atoms with Gasteiger partial charge in [-0.2, -0.15) is 9.78 Å². The molecule has 1 aromatic rings. The number of halogens is 2. The maximum atomic E-state index is 12.3. The zero-order valence-electron chi connectivity index (χ0n) is 9.95. The molecule has 0 radical (unpaired) electrons. The molecular formula is C13H9BrClN3O. The van der Waals surface area contributed by atoms with Crippen LogP contribution in [0, 0.1) is 6.92 Å². The molecule has 1 N–H and O–H groups in total. The van der Waals surface area contributed by atoms with E-state index in [1.54, 1.807) is 30.5 Å². The van der Waals surface area contributed by atoms with Gasteiger partial charge in [-0.1, -0.05) is 11.6 Å². The molecule has 0 saturated carbocycles. The molecule has 0 aliphatic carbocycles. The molecule has 2 heterocycles. The van der Waals surface area contributed by atoms with E-state index in [0.29, 0.717) is 22.0 Å². The average molecular weight is 339 g/mol. The van der Waals surface area contributed by atoms with Gasteiger partial charge in [-0.3, -0.25) is 4.79 Å². The number of aromatic nitrogens is 3. The van der Waals surface area contributed by atoms with Gasteiger partial charge in [0, 0.05) is 16.9 Å². The molecular weight excluding hydrogens is 330 g/mol. The molecule has 19 heavy (non-hydrogen) atoms. The molecule has 3 rings (SSSR count). The number of fused-ring (bicyclic) bond motifs is 1. The molecule has 0 fully saturated rings. The van der Waals surface area contributed by atoms with E-state index in [0.717, 1.165) is 10.2 Å².